The van der Waals surface area contributed by atoms with E-state index in [1.54, 1.807) is 18.4 Å². The van der Waals surface area contributed by atoms with Crippen LogP contribution in [0.1, 0.15) is 24.8 Å². The number of hydrogen-bond donors (Lipinski definition) is 0. The number of nitrogens with zero attached hydrogens (tertiary/aromatic N) is 1. The molecule has 1 heterocycles. The maximum Gasteiger partial charge on any atom is 0.208 e. The van der Waals surface area contributed by atoms with E-state index >= 15 is 0 Å². The molecule has 1 aromatic heterocycles. The first-order valence-corrected chi connectivity index (χ1v) is 4.96. The Morgan fingerprint density at radius 3 is 2.45 bits per heavy atom. The van der Waals surface area contributed by atoms with Crippen molar-refractivity contribution >= 4 is 27.3 Å². The molecule has 1 rings (SSSR count). The zero-order valence-electron chi connectivity index (χ0n) is 6.72. The van der Waals surface area contributed by atoms with Gasteiger partial charge in [-0.25, -0.2) is 4.98 Å². The Bertz CT molecular complexity index is 247. The maximum absolute atomic E-state index is 5.08. The van der Waals surface area contributed by atoms with Crippen molar-refractivity contribution in [1.29, 1.82) is 0 Å². The quantitative estimate of drug-likeness (QED) is 0.787. The summed E-state index contributed by atoms with van der Waals surface area (Å²) in [7, 11) is 1.66. The molecule has 0 amide bonds. The lowest BCUT2D eigenvalue weighted by molar-refractivity contribution is 0.423. The van der Waals surface area contributed by atoms with Crippen LogP contribution in [0.5, 0.6) is 5.06 Å². The number of ether oxygens (including phenoxy) is 1. The Hall–Kier alpha value is -0.0900. The second-order valence-electron chi connectivity index (χ2n) is 2.49. The highest BCUT2D eigenvalue weighted by molar-refractivity contribution is 9.10. The Balaban J connectivity index is 2.95. The number of aromatic nitrogens is 1. The van der Waals surface area contributed by atoms with Crippen molar-refractivity contribution in [3.8, 4) is 5.06 Å². The molecule has 62 valence electrons. The van der Waals surface area contributed by atoms with Crippen LogP contribution in [0.2, 0.25) is 0 Å². The fraction of sp³-hybridized carbons (Fsp3) is 0.571. The SMILES string of the molecule is COc1sc(C(C)C)nc1Br. The van der Waals surface area contributed by atoms with Gasteiger partial charge in [-0.05, 0) is 15.9 Å². The fourth-order valence-corrected chi connectivity index (χ4v) is 2.16. The highest BCUT2D eigenvalue weighted by atomic mass is 79.9. The Labute approximate surface area is 78.7 Å². The number of hydrogen-bond acceptors (Lipinski definition) is 3. The van der Waals surface area contributed by atoms with E-state index in [0.717, 1.165) is 14.7 Å². The average Bonchev–Trinajstić information content (AvgIpc) is 2.31. The van der Waals surface area contributed by atoms with Gasteiger partial charge in [0, 0.05) is 5.92 Å². The van der Waals surface area contributed by atoms with Crippen LogP contribution < -0.4 is 4.74 Å². The molecule has 0 aliphatic rings. The maximum atomic E-state index is 5.08. The van der Waals surface area contributed by atoms with Gasteiger partial charge in [-0.3, -0.25) is 0 Å². The minimum absolute atomic E-state index is 0.472. The third-order valence-electron chi connectivity index (χ3n) is 1.25. The summed E-state index contributed by atoms with van der Waals surface area (Å²) in [6.07, 6.45) is 0. The summed E-state index contributed by atoms with van der Waals surface area (Å²) >= 11 is 4.91. The average molecular weight is 236 g/mol. The summed E-state index contributed by atoms with van der Waals surface area (Å²) in [4.78, 5) is 4.29. The molecule has 0 unspecified atom stereocenters. The van der Waals surface area contributed by atoms with Crippen LogP contribution >= 0.6 is 27.3 Å². The molecule has 0 fully saturated rings. The van der Waals surface area contributed by atoms with E-state index in [2.05, 4.69) is 34.8 Å². The van der Waals surface area contributed by atoms with Gasteiger partial charge in [0.1, 0.15) is 5.01 Å². The number of thiazole rings is 1. The summed E-state index contributed by atoms with van der Waals surface area (Å²) in [6.45, 7) is 4.23. The van der Waals surface area contributed by atoms with Gasteiger partial charge in [0.2, 0.25) is 5.06 Å². The molecular weight excluding hydrogens is 226 g/mol. The predicted octanol–water partition coefficient (Wildman–Crippen LogP) is 3.04. The lowest BCUT2D eigenvalue weighted by Gasteiger charge is -1.94. The van der Waals surface area contributed by atoms with E-state index in [-0.39, 0.29) is 0 Å². The van der Waals surface area contributed by atoms with Crippen LogP contribution in [-0.4, -0.2) is 12.1 Å². The van der Waals surface area contributed by atoms with E-state index < -0.39 is 0 Å². The molecule has 11 heavy (non-hydrogen) atoms. The first-order valence-electron chi connectivity index (χ1n) is 3.35. The van der Waals surface area contributed by atoms with Gasteiger partial charge in [-0.15, -0.1) is 0 Å². The minimum Gasteiger partial charge on any atom is -0.485 e. The van der Waals surface area contributed by atoms with Crippen molar-refractivity contribution in [2.24, 2.45) is 0 Å². The monoisotopic (exact) mass is 235 g/mol. The molecule has 0 aliphatic carbocycles. The van der Waals surface area contributed by atoms with Gasteiger partial charge in [-0.1, -0.05) is 25.2 Å². The molecule has 2 nitrogen and oxygen atoms in total. The normalized spacial score (nSPS) is 10.6. The van der Waals surface area contributed by atoms with E-state index in [1.807, 2.05) is 0 Å². The largest absolute Gasteiger partial charge is 0.485 e. The van der Waals surface area contributed by atoms with Crippen molar-refractivity contribution in [3.63, 3.8) is 0 Å². The zero-order valence-corrected chi connectivity index (χ0v) is 9.12. The van der Waals surface area contributed by atoms with Crippen molar-refractivity contribution < 1.29 is 4.74 Å². The predicted molar refractivity (Wildman–Crippen MR) is 50.5 cm³/mol. The molecule has 0 aliphatic heterocycles. The first kappa shape index (κ1) is 9.00. The van der Waals surface area contributed by atoms with Crippen LogP contribution in [-0.2, 0) is 0 Å². The van der Waals surface area contributed by atoms with E-state index in [9.17, 15) is 0 Å². The molecule has 4 heteroatoms. The summed E-state index contributed by atoms with van der Waals surface area (Å²) in [5.41, 5.74) is 0. The number of methoxy groups -OCH3 is 1. The molecule has 0 saturated carbocycles. The van der Waals surface area contributed by atoms with Gasteiger partial charge < -0.3 is 4.74 Å². The highest BCUT2D eigenvalue weighted by Gasteiger charge is 2.10. The molecule has 0 spiro atoms. The third kappa shape index (κ3) is 1.93. The molecule has 1 aromatic rings. The van der Waals surface area contributed by atoms with Crippen molar-refractivity contribution in [1.82, 2.24) is 4.98 Å². The highest BCUT2D eigenvalue weighted by Crippen LogP contribution is 2.34. The smallest absolute Gasteiger partial charge is 0.208 e. The van der Waals surface area contributed by atoms with Crippen molar-refractivity contribution in [3.05, 3.63) is 9.61 Å². The Morgan fingerprint density at radius 1 is 1.55 bits per heavy atom. The lowest BCUT2D eigenvalue weighted by atomic mass is 10.2. The topological polar surface area (TPSA) is 22.1 Å². The Morgan fingerprint density at radius 2 is 2.18 bits per heavy atom. The van der Waals surface area contributed by atoms with Crippen molar-refractivity contribution in [2.75, 3.05) is 7.11 Å². The van der Waals surface area contributed by atoms with E-state index in [1.165, 1.54) is 0 Å². The van der Waals surface area contributed by atoms with Crippen LogP contribution in [0.3, 0.4) is 0 Å². The molecule has 0 radical (unpaired) electrons. The fourth-order valence-electron chi connectivity index (χ4n) is 0.675. The molecule has 0 aromatic carbocycles. The van der Waals surface area contributed by atoms with Crippen LogP contribution in [0.4, 0.5) is 0 Å². The van der Waals surface area contributed by atoms with Gasteiger partial charge >= 0.3 is 0 Å². The molecule has 0 saturated heterocycles. The van der Waals surface area contributed by atoms with Gasteiger partial charge in [0.05, 0.1) is 7.11 Å². The van der Waals surface area contributed by atoms with Crippen LogP contribution in [0.25, 0.3) is 0 Å². The molecule has 0 N–H and O–H groups in total. The standard InChI is InChI=1S/C7H10BrNOS/c1-4(2)6-9-5(8)7(10-3)11-6/h4H,1-3H3. The summed E-state index contributed by atoms with van der Waals surface area (Å²) in [6, 6.07) is 0. The zero-order chi connectivity index (χ0) is 8.43. The van der Waals surface area contributed by atoms with Gasteiger partial charge in [0.25, 0.3) is 0 Å². The molecule has 0 bridgehead atoms. The van der Waals surface area contributed by atoms with Crippen molar-refractivity contribution in [2.45, 2.75) is 19.8 Å². The summed E-state index contributed by atoms with van der Waals surface area (Å²) in [5, 5.41) is 1.96. The minimum atomic E-state index is 0.472. The lowest BCUT2D eigenvalue weighted by Crippen LogP contribution is -1.82. The van der Waals surface area contributed by atoms with Crippen LogP contribution in [0, 0.1) is 0 Å². The Kier molecular flexibility index (Phi) is 2.90. The van der Waals surface area contributed by atoms with E-state index in [4.69, 9.17) is 4.74 Å². The van der Waals surface area contributed by atoms with Crippen LogP contribution in [0.15, 0.2) is 4.60 Å². The molecular formula is C7H10BrNOS. The van der Waals surface area contributed by atoms with Gasteiger partial charge in [-0.2, -0.15) is 0 Å². The third-order valence-corrected chi connectivity index (χ3v) is 3.37. The first-order chi connectivity index (χ1) is 5.15. The summed E-state index contributed by atoms with van der Waals surface area (Å²) < 4.78 is 5.90. The number of halogens is 1. The number of rotatable bonds is 2. The van der Waals surface area contributed by atoms with E-state index in [0.29, 0.717) is 5.92 Å². The summed E-state index contributed by atoms with van der Waals surface area (Å²) in [5.74, 6) is 0.472. The molecule has 0 atom stereocenters. The second-order valence-corrected chi connectivity index (χ2v) is 4.23. The van der Waals surface area contributed by atoms with Gasteiger partial charge in [0.15, 0.2) is 4.60 Å². The second kappa shape index (κ2) is 3.54.